The second-order valence-corrected chi connectivity index (χ2v) is 17.5. The lowest BCUT2D eigenvalue weighted by Crippen LogP contribution is -2.08. The number of phenols is 4. The molecule has 48 heavy (non-hydrogen) atoms. The predicted molar refractivity (Wildman–Crippen MR) is 166 cm³/mol. The fourth-order valence-electron chi connectivity index (χ4n) is 5.47. The number of hydrogen-bond donors (Lipinski definition) is 7. The molecule has 256 valence electrons. The third-order valence-corrected chi connectivity index (χ3v) is 11.4. The fourth-order valence-corrected chi connectivity index (χ4v) is 7.93. The first-order valence-electron chi connectivity index (χ1n) is 13.4. The third-order valence-electron chi connectivity index (χ3n) is 7.81. The van der Waals surface area contributed by atoms with Crippen molar-refractivity contribution in [3.8, 4) is 23.0 Å². The van der Waals surface area contributed by atoms with Crippen molar-refractivity contribution in [3.05, 3.63) is 93.0 Å². The Kier molecular flexibility index (Phi) is 8.57. The molecule has 0 saturated heterocycles. The summed E-state index contributed by atoms with van der Waals surface area (Å²) < 4.78 is 128. The molecular weight excluding hydrogens is 717 g/mol. The molecule has 0 spiro atoms. The number of benzene rings is 4. The Labute approximate surface area is 274 Å². The Morgan fingerprint density at radius 3 is 0.688 bits per heavy atom. The summed E-state index contributed by atoms with van der Waals surface area (Å²) in [5.74, 6) is -2.55. The highest BCUT2D eigenvalue weighted by molar-refractivity contribution is 7.90. The average molecular weight is 743 g/mol. The van der Waals surface area contributed by atoms with E-state index in [1.165, 1.54) is 0 Å². The van der Waals surface area contributed by atoms with Crippen LogP contribution < -0.4 is 0 Å². The van der Waals surface area contributed by atoms with Gasteiger partial charge in [0.25, 0.3) is 30.4 Å². The second-order valence-electron chi connectivity index (χ2n) is 11.3. The van der Waals surface area contributed by atoms with Gasteiger partial charge in [0.1, 0.15) is 23.0 Å². The van der Waals surface area contributed by atoms with E-state index in [2.05, 4.69) is 0 Å². The number of hydrogen-bond acceptors (Lipinski definition) is 12. The van der Waals surface area contributed by atoms with Gasteiger partial charge in [-0.1, -0.05) is 0 Å². The Bertz CT molecular complexity index is 2040. The summed E-state index contributed by atoms with van der Waals surface area (Å²) in [4.78, 5) is -2.65. The number of phenolic OH excluding ortho intramolecular Hbond substituents is 4. The van der Waals surface area contributed by atoms with E-state index >= 15 is 0 Å². The summed E-state index contributed by atoms with van der Waals surface area (Å²) >= 11 is 0. The van der Waals surface area contributed by atoms with E-state index in [0.29, 0.717) is 0 Å². The maximum absolute atomic E-state index is 12.6. The van der Waals surface area contributed by atoms with Gasteiger partial charge < -0.3 is 20.4 Å². The highest BCUT2D eigenvalue weighted by Gasteiger charge is 2.26. The molecule has 1 aliphatic carbocycles. The van der Waals surface area contributed by atoms with E-state index in [1.807, 2.05) is 0 Å². The number of rotatable bonds is 4. The van der Waals surface area contributed by atoms with Gasteiger partial charge >= 0.3 is 0 Å². The summed E-state index contributed by atoms with van der Waals surface area (Å²) in [6.45, 7) is 0. The SMILES string of the molecule is CS(=O)(=O)c1cc2c(O)c(c1)Cc1cc(S(=O)(=O)O)cc(c1O)Cc1cc(S(=O)(=O)O)cc(c1O)Cc1cc(S(=O)(=O)O)cc(c1O)C2. The van der Waals surface area contributed by atoms with Crippen molar-refractivity contribution in [2.75, 3.05) is 6.26 Å². The molecule has 0 saturated carbocycles. The van der Waals surface area contributed by atoms with E-state index in [1.54, 1.807) is 0 Å². The molecule has 0 amide bonds. The highest BCUT2D eigenvalue weighted by atomic mass is 32.2. The largest absolute Gasteiger partial charge is 0.507 e. The molecule has 0 atom stereocenters. The van der Waals surface area contributed by atoms with Crippen molar-refractivity contribution in [1.29, 1.82) is 0 Å². The number of fused-ring (bicyclic) bond motifs is 8. The smallest absolute Gasteiger partial charge is 0.294 e. The Morgan fingerprint density at radius 1 is 0.375 bits per heavy atom. The third kappa shape index (κ3) is 6.97. The van der Waals surface area contributed by atoms with Crippen LogP contribution in [0, 0.1) is 0 Å². The molecular formula is C29H26O15S4. The predicted octanol–water partition coefficient (Wildman–Crippen LogP) is 2.33. The van der Waals surface area contributed by atoms with Gasteiger partial charge in [-0.05, 0) is 59.7 Å². The quantitative estimate of drug-likeness (QED) is 0.130. The second kappa shape index (κ2) is 11.7. The molecule has 8 bridgehead atoms. The topological polar surface area (TPSA) is 278 Å². The lowest BCUT2D eigenvalue weighted by molar-refractivity contribution is 0.449. The highest BCUT2D eigenvalue weighted by Crippen LogP contribution is 2.40. The van der Waals surface area contributed by atoms with Crippen molar-refractivity contribution < 1.29 is 67.8 Å². The summed E-state index contributed by atoms with van der Waals surface area (Å²) in [5.41, 5.74) is -2.20. The summed E-state index contributed by atoms with van der Waals surface area (Å²) in [6.07, 6.45) is -1.59. The van der Waals surface area contributed by atoms with Crippen LogP contribution in [0.3, 0.4) is 0 Å². The molecule has 0 fully saturated rings. The molecule has 15 nitrogen and oxygen atoms in total. The van der Waals surface area contributed by atoms with Gasteiger partial charge in [0.2, 0.25) is 0 Å². The lowest BCUT2D eigenvalue weighted by Gasteiger charge is -2.19. The van der Waals surface area contributed by atoms with E-state index in [9.17, 15) is 67.8 Å². The van der Waals surface area contributed by atoms with Gasteiger partial charge in [-0.3, -0.25) is 13.7 Å². The first-order chi connectivity index (χ1) is 21.9. The van der Waals surface area contributed by atoms with Gasteiger partial charge in [-0.15, -0.1) is 0 Å². The summed E-state index contributed by atoms with van der Waals surface area (Å²) in [5, 5.41) is 45.0. The van der Waals surface area contributed by atoms with E-state index < -0.39 is 104 Å². The van der Waals surface area contributed by atoms with Crippen LogP contribution in [0.25, 0.3) is 0 Å². The van der Waals surface area contributed by atoms with Gasteiger partial charge in [0.15, 0.2) is 9.84 Å². The zero-order valence-electron chi connectivity index (χ0n) is 24.5. The summed E-state index contributed by atoms with van der Waals surface area (Å²) in [6, 6.07) is 7.02. The van der Waals surface area contributed by atoms with Gasteiger partial charge in [-0.2, -0.15) is 25.3 Å². The Balaban J connectivity index is 1.93. The van der Waals surface area contributed by atoms with Gasteiger partial charge in [0, 0.05) is 65.3 Å². The van der Waals surface area contributed by atoms with E-state index in [4.69, 9.17) is 0 Å². The maximum Gasteiger partial charge on any atom is 0.294 e. The molecule has 4 aromatic carbocycles. The lowest BCUT2D eigenvalue weighted by atomic mass is 9.91. The summed E-state index contributed by atoms with van der Waals surface area (Å²) in [7, 11) is -18.9. The Morgan fingerprint density at radius 2 is 0.542 bits per heavy atom. The van der Waals surface area contributed by atoms with Crippen LogP contribution in [0.2, 0.25) is 0 Å². The number of sulfone groups is 1. The first kappa shape index (κ1) is 35.1. The maximum atomic E-state index is 12.6. The monoisotopic (exact) mass is 742 g/mol. The van der Waals surface area contributed by atoms with Crippen LogP contribution in [0.5, 0.6) is 23.0 Å². The minimum absolute atomic E-state index is 0.196. The van der Waals surface area contributed by atoms with Crippen molar-refractivity contribution in [3.63, 3.8) is 0 Å². The standard InChI is InChI=1S/C29H26O15S4/c1-45(34,35)22-6-14-2-16-8-23(46(36,37)38)10-18(27(16)31)4-20-12-25(48(42,43)44)13-21(29(20)33)5-19-11-24(47(39,40)41)9-17(28(19)32)3-15(7-22)26(14)30/h6-13,30-33H,2-5H2,1H3,(H,36,37,38)(H,39,40,41)(H,42,43,44). The van der Waals surface area contributed by atoms with Crippen LogP contribution in [0.15, 0.2) is 68.1 Å². The molecule has 19 heteroatoms. The van der Waals surface area contributed by atoms with Crippen molar-refractivity contribution in [2.24, 2.45) is 0 Å². The minimum Gasteiger partial charge on any atom is -0.507 e. The molecule has 0 heterocycles. The molecule has 4 aromatic rings. The molecule has 5 rings (SSSR count). The van der Waals surface area contributed by atoms with Gasteiger partial charge in [-0.25, -0.2) is 8.42 Å². The molecule has 7 N–H and O–H groups in total. The molecule has 0 aliphatic heterocycles. The normalized spacial score (nSPS) is 14.1. The van der Waals surface area contributed by atoms with Crippen LogP contribution in [-0.4, -0.2) is 74.0 Å². The van der Waals surface area contributed by atoms with Gasteiger partial charge in [0.05, 0.1) is 19.6 Å². The van der Waals surface area contributed by atoms with E-state index in [-0.39, 0.29) is 49.4 Å². The molecule has 0 aromatic heterocycles. The molecule has 0 unspecified atom stereocenters. The Hall–Kier alpha value is -4.24. The van der Waals surface area contributed by atoms with Crippen molar-refractivity contribution >= 4 is 40.2 Å². The average Bonchev–Trinajstić information content (AvgIpc) is 2.93. The van der Waals surface area contributed by atoms with Crippen LogP contribution >= 0.6 is 0 Å². The van der Waals surface area contributed by atoms with Crippen molar-refractivity contribution in [1.82, 2.24) is 0 Å². The number of aromatic hydroxyl groups is 4. The zero-order chi connectivity index (χ0) is 35.7. The van der Waals surface area contributed by atoms with Crippen LogP contribution in [0.1, 0.15) is 44.5 Å². The van der Waals surface area contributed by atoms with Crippen LogP contribution in [0.4, 0.5) is 0 Å². The minimum atomic E-state index is -4.99. The zero-order valence-corrected chi connectivity index (χ0v) is 27.7. The first-order valence-corrected chi connectivity index (χ1v) is 19.7. The molecule has 0 radical (unpaired) electrons. The van der Waals surface area contributed by atoms with Crippen molar-refractivity contribution in [2.45, 2.75) is 45.3 Å². The fraction of sp³-hybridized carbons (Fsp3) is 0.172. The van der Waals surface area contributed by atoms with Crippen LogP contribution in [-0.2, 0) is 65.9 Å². The van der Waals surface area contributed by atoms with E-state index in [0.717, 1.165) is 54.8 Å². The molecule has 1 aliphatic rings.